The molecule has 0 saturated heterocycles. The number of hydrogen-bond donors (Lipinski definition) is 2. The summed E-state index contributed by atoms with van der Waals surface area (Å²) >= 11 is 7.33. The molecule has 3 aromatic rings. The van der Waals surface area contributed by atoms with Crippen molar-refractivity contribution in [2.24, 2.45) is 0 Å². The Bertz CT molecular complexity index is 990. The van der Waals surface area contributed by atoms with Crippen molar-refractivity contribution >= 4 is 40.6 Å². The van der Waals surface area contributed by atoms with E-state index in [4.69, 9.17) is 16.3 Å². The van der Waals surface area contributed by atoms with Crippen LogP contribution in [-0.2, 0) is 0 Å². The van der Waals surface area contributed by atoms with Crippen LogP contribution in [-0.4, -0.2) is 23.5 Å². The summed E-state index contributed by atoms with van der Waals surface area (Å²) < 4.78 is 5.38. The zero-order valence-electron chi connectivity index (χ0n) is 15.1. The smallest absolute Gasteiger partial charge is 0.363 e. The number of thiazole rings is 1. The topological polar surface area (TPSA) is 80.3 Å². The van der Waals surface area contributed by atoms with Gasteiger partial charge < -0.3 is 15.4 Å². The number of carbonyl (C=O) groups is 2. The summed E-state index contributed by atoms with van der Waals surface area (Å²) in [6, 6.07) is 13.6. The highest BCUT2D eigenvalue weighted by Gasteiger charge is 2.15. The minimum absolute atomic E-state index is 0.207. The second-order valence-corrected chi connectivity index (χ2v) is 7.14. The molecule has 28 heavy (non-hydrogen) atoms. The number of rotatable bonds is 6. The van der Waals surface area contributed by atoms with Gasteiger partial charge in [0.05, 0.1) is 0 Å². The second-order valence-electron chi connectivity index (χ2n) is 5.85. The first-order chi connectivity index (χ1) is 13.5. The Balaban J connectivity index is 1.67. The highest BCUT2D eigenvalue weighted by atomic mass is 35.5. The number of halogens is 1. The lowest BCUT2D eigenvalue weighted by molar-refractivity contribution is 0.0729. The standard InChI is InChI=1S/C20H18ClN3O3S/c1-2-9-22-20(26)23-15-7-4-8-16(11-15)27-19(25)17-12-28-18(24-17)13-5-3-6-14(21)10-13/h3-8,10-12H,2,9H2,1H3,(H2,22,23,26). The molecule has 0 fully saturated rings. The molecule has 0 spiro atoms. The maximum atomic E-state index is 12.4. The number of hydrogen-bond acceptors (Lipinski definition) is 5. The summed E-state index contributed by atoms with van der Waals surface area (Å²) in [7, 11) is 0. The van der Waals surface area contributed by atoms with Gasteiger partial charge in [0.2, 0.25) is 0 Å². The second kappa shape index (κ2) is 9.34. The minimum atomic E-state index is -0.572. The summed E-state index contributed by atoms with van der Waals surface area (Å²) in [5.41, 5.74) is 1.57. The number of ether oxygens (including phenoxy) is 1. The first-order valence-electron chi connectivity index (χ1n) is 8.63. The van der Waals surface area contributed by atoms with Crippen molar-refractivity contribution < 1.29 is 14.3 Å². The molecular weight excluding hydrogens is 398 g/mol. The van der Waals surface area contributed by atoms with Crippen molar-refractivity contribution in [2.45, 2.75) is 13.3 Å². The fourth-order valence-electron chi connectivity index (χ4n) is 2.33. The first-order valence-corrected chi connectivity index (χ1v) is 9.89. The summed E-state index contributed by atoms with van der Waals surface area (Å²) in [6.45, 7) is 2.55. The van der Waals surface area contributed by atoms with E-state index >= 15 is 0 Å². The van der Waals surface area contributed by atoms with Crippen molar-refractivity contribution in [2.75, 3.05) is 11.9 Å². The number of nitrogens with zero attached hydrogens (tertiary/aromatic N) is 1. The average molecular weight is 416 g/mol. The third-order valence-corrected chi connectivity index (χ3v) is 4.75. The van der Waals surface area contributed by atoms with Gasteiger partial charge in [0.1, 0.15) is 10.8 Å². The van der Waals surface area contributed by atoms with Crippen LogP contribution in [0.1, 0.15) is 23.8 Å². The molecule has 0 atom stereocenters. The fourth-order valence-corrected chi connectivity index (χ4v) is 3.31. The maximum Gasteiger partial charge on any atom is 0.363 e. The molecule has 2 N–H and O–H groups in total. The lowest BCUT2D eigenvalue weighted by Gasteiger charge is -2.08. The summed E-state index contributed by atoms with van der Waals surface area (Å²) in [6.07, 6.45) is 0.843. The number of urea groups is 1. The molecule has 0 aliphatic heterocycles. The van der Waals surface area contributed by atoms with Gasteiger partial charge in [0.25, 0.3) is 0 Å². The van der Waals surface area contributed by atoms with Crippen LogP contribution in [0.15, 0.2) is 53.9 Å². The van der Waals surface area contributed by atoms with Gasteiger partial charge in [-0.2, -0.15) is 0 Å². The van der Waals surface area contributed by atoms with Crippen LogP contribution < -0.4 is 15.4 Å². The number of esters is 1. The molecule has 144 valence electrons. The van der Waals surface area contributed by atoms with Crippen LogP contribution in [0.5, 0.6) is 5.75 Å². The van der Waals surface area contributed by atoms with Crippen molar-refractivity contribution in [1.29, 1.82) is 0 Å². The average Bonchev–Trinajstić information content (AvgIpc) is 3.17. The summed E-state index contributed by atoms with van der Waals surface area (Å²) in [4.78, 5) is 28.5. The van der Waals surface area contributed by atoms with Gasteiger partial charge in [-0.25, -0.2) is 14.6 Å². The van der Waals surface area contributed by atoms with Crippen molar-refractivity contribution in [1.82, 2.24) is 10.3 Å². The van der Waals surface area contributed by atoms with Gasteiger partial charge in [-0.1, -0.05) is 36.7 Å². The Labute approximate surface area is 171 Å². The Kier molecular flexibility index (Phi) is 6.62. The van der Waals surface area contributed by atoms with Crippen LogP contribution >= 0.6 is 22.9 Å². The highest BCUT2D eigenvalue weighted by molar-refractivity contribution is 7.13. The molecule has 8 heteroatoms. The zero-order chi connectivity index (χ0) is 19.9. The normalized spacial score (nSPS) is 10.4. The maximum absolute atomic E-state index is 12.4. The first kappa shape index (κ1) is 19.9. The van der Waals surface area contributed by atoms with E-state index in [-0.39, 0.29) is 11.7 Å². The van der Waals surface area contributed by atoms with Crippen molar-refractivity contribution in [3.8, 4) is 16.3 Å². The van der Waals surface area contributed by atoms with E-state index in [0.29, 0.717) is 28.0 Å². The van der Waals surface area contributed by atoms with E-state index < -0.39 is 5.97 Å². The molecule has 0 unspecified atom stereocenters. The van der Waals surface area contributed by atoms with Crippen molar-refractivity contribution in [3.05, 3.63) is 64.6 Å². The monoisotopic (exact) mass is 415 g/mol. The molecule has 6 nitrogen and oxygen atoms in total. The number of amides is 2. The Morgan fingerprint density at radius 3 is 2.79 bits per heavy atom. The highest BCUT2D eigenvalue weighted by Crippen LogP contribution is 2.27. The molecule has 2 aromatic carbocycles. The van der Waals surface area contributed by atoms with Crippen LogP contribution in [0.3, 0.4) is 0 Å². The summed E-state index contributed by atoms with van der Waals surface area (Å²) in [5.74, 6) is -0.257. The van der Waals surface area contributed by atoms with Gasteiger partial charge in [-0.05, 0) is 30.7 Å². The predicted molar refractivity (Wildman–Crippen MR) is 111 cm³/mol. The molecule has 2 amide bonds. The fraction of sp³-hybridized carbons (Fsp3) is 0.150. The number of aromatic nitrogens is 1. The summed E-state index contributed by atoms with van der Waals surface area (Å²) in [5, 5.41) is 8.32. The van der Waals surface area contributed by atoms with Crippen molar-refractivity contribution in [3.63, 3.8) is 0 Å². The van der Waals surface area contributed by atoms with E-state index in [0.717, 1.165) is 12.0 Å². The van der Waals surface area contributed by atoms with E-state index in [1.54, 1.807) is 41.8 Å². The quantitative estimate of drug-likeness (QED) is 0.427. The molecule has 1 aromatic heterocycles. The van der Waals surface area contributed by atoms with E-state index in [9.17, 15) is 9.59 Å². The van der Waals surface area contributed by atoms with Gasteiger partial charge >= 0.3 is 12.0 Å². The molecule has 0 aliphatic carbocycles. The Hall–Kier alpha value is -2.90. The van der Waals surface area contributed by atoms with Crippen LogP contribution in [0, 0.1) is 0 Å². The van der Waals surface area contributed by atoms with E-state index in [2.05, 4.69) is 15.6 Å². The third kappa shape index (κ3) is 5.31. The zero-order valence-corrected chi connectivity index (χ0v) is 16.6. The molecule has 0 aliphatic rings. The van der Waals surface area contributed by atoms with Crippen LogP contribution in [0.25, 0.3) is 10.6 Å². The minimum Gasteiger partial charge on any atom is -0.422 e. The molecule has 3 rings (SSSR count). The third-order valence-electron chi connectivity index (χ3n) is 3.62. The Morgan fingerprint density at radius 1 is 1.18 bits per heavy atom. The molecule has 0 bridgehead atoms. The van der Waals surface area contributed by atoms with Gasteiger partial charge in [0, 0.05) is 34.3 Å². The van der Waals surface area contributed by atoms with Gasteiger partial charge in [-0.3, -0.25) is 0 Å². The SMILES string of the molecule is CCCNC(=O)Nc1cccc(OC(=O)c2csc(-c3cccc(Cl)c3)n2)c1. The van der Waals surface area contributed by atoms with Crippen LogP contribution in [0.4, 0.5) is 10.5 Å². The lowest BCUT2D eigenvalue weighted by atomic mass is 10.2. The van der Waals surface area contributed by atoms with Crippen LogP contribution in [0.2, 0.25) is 5.02 Å². The number of anilines is 1. The molecule has 1 heterocycles. The Morgan fingerprint density at radius 2 is 2.00 bits per heavy atom. The van der Waals surface area contributed by atoms with Gasteiger partial charge in [-0.15, -0.1) is 11.3 Å². The van der Waals surface area contributed by atoms with E-state index in [1.807, 2.05) is 19.1 Å². The molecule has 0 radical (unpaired) electrons. The molecular formula is C20H18ClN3O3S. The largest absolute Gasteiger partial charge is 0.422 e. The van der Waals surface area contributed by atoms with Gasteiger partial charge in [0.15, 0.2) is 5.69 Å². The number of benzene rings is 2. The number of carbonyl (C=O) groups excluding carboxylic acids is 2. The predicted octanol–water partition coefficient (Wildman–Crippen LogP) is 5.21. The molecule has 0 saturated carbocycles. The number of nitrogens with one attached hydrogen (secondary N) is 2. The lowest BCUT2D eigenvalue weighted by Crippen LogP contribution is -2.29. The van der Waals surface area contributed by atoms with E-state index in [1.165, 1.54) is 11.3 Å².